The van der Waals surface area contributed by atoms with Gasteiger partial charge >= 0.3 is 5.97 Å². The number of hydrogen-bond donors (Lipinski definition) is 0. The summed E-state index contributed by atoms with van der Waals surface area (Å²) in [6, 6.07) is 20.9. The molecule has 6 nitrogen and oxygen atoms in total. The van der Waals surface area contributed by atoms with E-state index < -0.39 is 5.97 Å². The molecule has 0 spiro atoms. The molecule has 33 heavy (non-hydrogen) atoms. The topological polar surface area (TPSA) is 89.5 Å². The van der Waals surface area contributed by atoms with E-state index in [1.165, 1.54) is 30.5 Å². The molecule has 0 aliphatic carbocycles. The average molecular weight is 437 g/mol. The van der Waals surface area contributed by atoms with Crippen LogP contribution in [0.1, 0.15) is 16.7 Å². The highest BCUT2D eigenvalue weighted by Crippen LogP contribution is 2.27. The van der Waals surface area contributed by atoms with E-state index in [-0.39, 0.29) is 33.5 Å². The molecule has 4 rings (SSSR count). The molecule has 1 heterocycles. The lowest BCUT2D eigenvalue weighted by Gasteiger charge is -2.09. The first-order valence-electron chi connectivity index (χ1n) is 10.1. The molecule has 0 saturated heterocycles. The molecule has 6 heteroatoms. The lowest BCUT2D eigenvalue weighted by molar-refractivity contribution is -0.129. The molecule has 3 aromatic carbocycles. The summed E-state index contributed by atoms with van der Waals surface area (Å²) in [5.74, 6) is -0.0362. The van der Waals surface area contributed by atoms with Gasteiger partial charge in [0, 0.05) is 6.07 Å². The fourth-order valence-corrected chi connectivity index (χ4v) is 3.18. The van der Waals surface area contributed by atoms with Crippen LogP contribution in [0.3, 0.4) is 0 Å². The summed E-state index contributed by atoms with van der Waals surface area (Å²) in [4.78, 5) is 25.3. The zero-order valence-electron chi connectivity index (χ0n) is 18.0. The highest BCUT2D eigenvalue weighted by atomic mass is 16.5. The van der Waals surface area contributed by atoms with E-state index in [0.717, 1.165) is 11.1 Å². The van der Waals surface area contributed by atoms with E-state index in [1.807, 2.05) is 44.2 Å². The molecule has 0 aliphatic heterocycles. The molecule has 0 saturated carbocycles. The van der Waals surface area contributed by atoms with Crippen LogP contribution in [-0.2, 0) is 4.79 Å². The maximum atomic E-state index is 12.9. The SMILES string of the molecule is Cc1ccc(C)c(Oc2coc3cc(OC(=O)C(C#N)=Cc4ccccc4)ccc3c2=O)c1. The van der Waals surface area contributed by atoms with E-state index in [4.69, 9.17) is 13.9 Å². The van der Waals surface area contributed by atoms with Crippen LogP contribution in [0, 0.1) is 25.2 Å². The predicted molar refractivity (Wildman–Crippen MR) is 124 cm³/mol. The Hall–Kier alpha value is -4.63. The van der Waals surface area contributed by atoms with Gasteiger partial charge < -0.3 is 13.9 Å². The molecule has 0 unspecified atom stereocenters. The monoisotopic (exact) mass is 437 g/mol. The normalized spacial score (nSPS) is 11.1. The van der Waals surface area contributed by atoms with Gasteiger partial charge in [-0.3, -0.25) is 4.79 Å². The van der Waals surface area contributed by atoms with Crippen molar-refractivity contribution in [3.8, 4) is 23.3 Å². The molecule has 0 aliphatic rings. The standard InChI is InChI=1S/C27H19NO5/c1-17-8-9-18(2)23(12-17)33-25-16-31-24-14-21(10-11-22(24)26(25)29)32-27(30)20(15-28)13-19-6-4-3-5-7-19/h3-14,16H,1-2H3. The fourth-order valence-electron chi connectivity index (χ4n) is 3.18. The molecule has 0 amide bonds. The minimum absolute atomic E-state index is 0.0542. The van der Waals surface area contributed by atoms with Gasteiger partial charge in [-0.15, -0.1) is 0 Å². The van der Waals surface area contributed by atoms with Crippen LogP contribution in [0.5, 0.6) is 17.2 Å². The van der Waals surface area contributed by atoms with Crippen LogP contribution in [0.2, 0.25) is 0 Å². The largest absolute Gasteiger partial charge is 0.460 e. The molecule has 162 valence electrons. The third-order valence-corrected chi connectivity index (χ3v) is 4.94. The zero-order chi connectivity index (χ0) is 23.4. The van der Waals surface area contributed by atoms with Gasteiger partial charge in [0.1, 0.15) is 35.0 Å². The van der Waals surface area contributed by atoms with Gasteiger partial charge in [-0.25, -0.2) is 4.79 Å². The summed E-state index contributed by atoms with van der Waals surface area (Å²) < 4.78 is 16.7. The molecule has 4 aromatic rings. The number of nitrogens with zero attached hydrogens (tertiary/aromatic N) is 1. The predicted octanol–water partition coefficient (Wildman–Crippen LogP) is 5.71. The number of rotatable bonds is 5. The molecular weight excluding hydrogens is 418 g/mol. The number of ether oxygens (including phenoxy) is 2. The third-order valence-electron chi connectivity index (χ3n) is 4.94. The van der Waals surface area contributed by atoms with Gasteiger partial charge in [-0.1, -0.05) is 42.5 Å². The van der Waals surface area contributed by atoms with E-state index in [1.54, 1.807) is 24.3 Å². The number of esters is 1. The van der Waals surface area contributed by atoms with Gasteiger partial charge in [0.05, 0.1) is 5.39 Å². The molecule has 0 atom stereocenters. The first-order valence-corrected chi connectivity index (χ1v) is 10.1. The number of nitriles is 1. The Morgan fingerprint density at radius 3 is 2.55 bits per heavy atom. The number of carbonyl (C=O) groups is 1. The van der Waals surface area contributed by atoms with E-state index in [9.17, 15) is 14.9 Å². The Kier molecular flexibility index (Phi) is 6.05. The summed E-state index contributed by atoms with van der Waals surface area (Å²) in [6.07, 6.45) is 2.68. The molecule has 1 aromatic heterocycles. The zero-order valence-corrected chi connectivity index (χ0v) is 18.0. The second-order valence-electron chi connectivity index (χ2n) is 7.43. The van der Waals surface area contributed by atoms with Crippen molar-refractivity contribution >= 4 is 23.0 Å². The van der Waals surface area contributed by atoms with Crippen molar-refractivity contribution in [3.63, 3.8) is 0 Å². The van der Waals surface area contributed by atoms with Crippen LogP contribution in [-0.4, -0.2) is 5.97 Å². The summed E-state index contributed by atoms with van der Waals surface area (Å²) in [6.45, 7) is 3.82. The van der Waals surface area contributed by atoms with Gasteiger partial charge in [0.25, 0.3) is 0 Å². The Bertz CT molecular complexity index is 1480. The number of hydrogen-bond acceptors (Lipinski definition) is 6. The van der Waals surface area contributed by atoms with E-state index in [0.29, 0.717) is 11.3 Å². The second kappa shape index (κ2) is 9.25. The number of aryl methyl sites for hydroxylation is 2. The van der Waals surface area contributed by atoms with Crippen molar-refractivity contribution in [1.29, 1.82) is 5.26 Å². The highest BCUT2D eigenvalue weighted by molar-refractivity contribution is 5.99. The van der Waals surface area contributed by atoms with E-state index in [2.05, 4.69) is 0 Å². The van der Waals surface area contributed by atoms with Crippen LogP contribution < -0.4 is 14.9 Å². The van der Waals surface area contributed by atoms with Crippen molar-refractivity contribution in [1.82, 2.24) is 0 Å². The van der Waals surface area contributed by atoms with Gasteiger partial charge in [-0.05, 0) is 54.8 Å². The number of fused-ring (bicyclic) bond motifs is 1. The first kappa shape index (κ1) is 21.6. The molecule has 0 bridgehead atoms. The third kappa shape index (κ3) is 4.83. The Balaban J connectivity index is 1.59. The van der Waals surface area contributed by atoms with Gasteiger partial charge in [0.2, 0.25) is 11.2 Å². The fraction of sp³-hybridized carbons (Fsp3) is 0.0741. The maximum Gasteiger partial charge on any atom is 0.354 e. The first-order chi connectivity index (χ1) is 15.9. The number of carbonyl (C=O) groups excluding carboxylic acids is 1. The minimum Gasteiger partial charge on any atom is -0.460 e. The van der Waals surface area contributed by atoms with Crippen LogP contribution >= 0.6 is 0 Å². The van der Waals surface area contributed by atoms with Gasteiger partial charge in [-0.2, -0.15) is 5.26 Å². The second-order valence-corrected chi connectivity index (χ2v) is 7.43. The highest BCUT2D eigenvalue weighted by Gasteiger charge is 2.15. The summed E-state index contributed by atoms with van der Waals surface area (Å²) in [5.41, 5.74) is 2.32. The lowest BCUT2D eigenvalue weighted by atomic mass is 10.1. The van der Waals surface area contributed by atoms with Crippen LogP contribution in [0.4, 0.5) is 0 Å². The van der Waals surface area contributed by atoms with E-state index >= 15 is 0 Å². The molecule has 0 fully saturated rings. The van der Waals surface area contributed by atoms with Crippen molar-refractivity contribution in [2.45, 2.75) is 13.8 Å². The molecule has 0 N–H and O–H groups in total. The van der Waals surface area contributed by atoms with Crippen molar-refractivity contribution < 1.29 is 18.7 Å². The van der Waals surface area contributed by atoms with Crippen LogP contribution in [0.15, 0.2) is 87.8 Å². The Labute approximate surface area is 189 Å². The molecular formula is C27H19NO5. The molecule has 0 radical (unpaired) electrons. The smallest absolute Gasteiger partial charge is 0.354 e. The quantitative estimate of drug-likeness (QED) is 0.172. The van der Waals surface area contributed by atoms with Crippen LogP contribution in [0.25, 0.3) is 17.0 Å². The number of benzene rings is 3. The van der Waals surface area contributed by atoms with Crippen molar-refractivity contribution in [2.24, 2.45) is 0 Å². The van der Waals surface area contributed by atoms with Gasteiger partial charge in [0.15, 0.2) is 0 Å². The summed E-state index contributed by atoms with van der Waals surface area (Å²) in [7, 11) is 0. The van der Waals surface area contributed by atoms with Crippen molar-refractivity contribution in [2.75, 3.05) is 0 Å². The average Bonchev–Trinajstić information content (AvgIpc) is 2.82. The lowest BCUT2D eigenvalue weighted by Crippen LogP contribution is -2.10. The summed E-state index contributed by atoms with van der Waals surface area (Å²) in [5, 5.41) is 9.62. The minimum atomic E-state index is -0.807. The maximum absolute atomic E-state index is 12.9. The Morgan fingerprint density at radius 2 is 1.79 bits per heavy atom. The summed E-state index contributed by atoms with van der Waals surface area (Å²) >= 11 is 0. The Morgan fingerprint density at radius 1 is 1.00 bits per heavy atom. The van der Waals surface area contributed by atoms with Crippen molar-refractivity contribution in [3.05, 3.63) is 105 Å².